The van der Waals surface area contributed by atoms with Crippen molar-refractivity contribution in [3.8, 4) is 0 Å². The van der Waals surface area contributed by atoms with Gasteiger partial charge in [0, 0.05) is 0 Å². The molecule has 0 atom stereocenters. The van der Waals surface area contributed by atoms with Crippen LogP contribution in [0.25, 0.3) is 0 Å². The lowest BCUT2D eigenvalue weighted by Gasteiger charge is -1.85. The van der Waals surface area contributed by atoms with Gasteiger partial charge >= 0.3 is 0 Å². The molecule has 18 heavy (non-hydrogen) atoms. The minimum Gasteiger partial charge on any atom is -0.106 e. The summed E-state index contributed by atoms with van der Waals surface area (Å²) in [4.78, 5) is 0. The van der Waals surface area contributed by atoms with E-state index in [1.54, 1.807) is 18.2 Å². The zero-order valence-electron chi connectivity index (χ0n) is 13.2. The van der Waals surface area contributed by atoms with E-state index in [1.165, 1.54) is 6.42 Å². The monoisotopic (exact) mass is 250 g/mol. The van der Waals surface area contributed by atoms with Gasteiger partial charge in [0.2, 0.25) is 0 Å². The first kappa shape index (κ1) is 29.9. The Bertz CT molecular complexity index is 166. The van der Waals surface area contributed by atoms with Gasteiger partial charge in [-0.15, -0.1) is 32.9 Å². The zero-order chi connectivity index (χ0) is 15.8. The predicted molar refractivity (Wildman–Crippen MR) is 93.1 cm³/mol. The molecule has 0 spiro atoms. The Morgan fingerprint density at radius 3 is 1.17 bits per heavy atom. The van der Waals surface area contributed by atoms with E-state index in [9.17, 15) is 0 Å². The first-order valence-corrected chi connectivity index (χ1v) is 6.11. The number of allylic oxidation sites excluding steroid dienone is 5. The van der Waals surface area contributed by atoms with Gasteiger partial charge in [-0.2, -0.15) is 0 Å². The van der Waals surface area contributed by atoms with Gasteiger partial charge in [-0.3, -0.25) is 0 Å². The molecule has 0 aliphatic heterocycles. The number of rotatable bonds is 3. The smallest absolute Gasteiger partial charge is 0.0106 e. The van der Waals surface area contributed by atoms with Crippen LogP contribution in [0.15, 0.2) is 75.9 Å². The van der Waals surface area contributed by atoms with Crippen molar-refractivity contribution in [1.29, 1.82) is 0 Å². The van der Waals surface area contributed by atoms with Crippen molar-refractivity contribution < 1.29 is 0 Å². The maximum Gasteiger partial charge on any atom is -0.0106 e. The predicted octanol–water partition coefficient (Wildman–Crippen LogP) is 6.91. The third kappa shape index (κ3) is 220. The van der Waals surface area contributed by atoms with Crippen LogP contribution >= 0.6 is 0 Å². The topological polar surface area (TPSA) is 0 Å². The van der Waals surface area contributed by atoms with Crippen molar-refractivity contribution in [1.82, 2.24) is 0 Å². The quantitative estimate of drug-likeness (QED) is 0.377. The molecule has 106 valence electrons. The third-order valence-corrected chi connectivity index (χ3v) is 0.695. The van der Waals surface area contributed by atoms with Gasteiger partial charge in [-0.05, 0) is 20.3 Å². The second-order valence-electron chi connectivity index (χ2n) is 2.88. The molecule has 0 heterocycles. The lowest BCUT2D eigenvalue weighted by Crippen LogP contribution is -1.65. The van der Waals surface area contributed by atoms with Gasteiger partial charge in [0.05, 0.1) is 0 Å². The summed E-state index contributed by atoms with van der Waals surface area (Å²) in [7, 11) is 0. The van der Waals surface area contributed by atoms with Crippen LogP contribution < -0.4 is 0 Å². The Hall–Kier alpha value is -1.56. The van der Waals surface area contributed by atoms with Crippen molar-refractivity contribution in [2.45, 2.75) is 40.5 Å². The summed E-state index contributed by atoms with van der Waals surface area (Å²) in [6.45, 7) is 31.5. The Morgan fingerprint density at radius 2 is 1.11 bits per heavy atom. The average molecular weight is 250 g/mol. The summed E-state index contributed by atoms with van der Waals surface area (Å²) >= 11 is 0. The fourth-order valence-corrected chi connectivity index (χ4v) is 0.269. The van der Waals surface area contributed by atoms with Crippen molar-refractivity contribution in [3.05, 3.63) is 75.9 Å². The van der Waals surface area contributed by atoms with E-state index in [0.29, 0.717) is 0 Å². The summed E-state index contributed by atoms with van der Waals surface area (Å²) in [5, 5.41) is 0. The summed E-state index contributed by atoms with van der Waals surface area (Å²) in [5.74, 6) is 0. The molecule has 0 rings (SSSR count). The molecule has 0 radical (unpaired) electrons. The second-order valence-corrected chi connectivity index (χ2v) is 2.88. The largest absolute Gasteiger partial charge is 0.106 e. The van der Waals surface area contributed by atoms with Crippen molar-refractivity contribution in [2.75, 3.05) is 0 Å². The molecular formula is C18H34. The molecule has 0 fully saturated rings. The van der Waals surface area contributed by atoms with Crippen LogP contribution in [0.5, 0.6) is 0 Å². The van der Waals surface area contributed by atoms with Gasteiger partial charge in [0.1, 0.15) is 0 Å². The van der Waals surface area contributed by atoms with Crippen molar-refractivity contribution >= 4 is 0 Å². The molecule has 0 nitrogen and oxygen atoms in total. The summed E-state index contributed by atoms with van der Waals surface area (Å²) in [6.07, 6.45) is 9.15. The number of hydrogen-bond acceptors (Lipinski definition) is 0. The highest BCUT2D eigenvalue weighted by molar-refractivity contribution is 5.13. The van der Waals surface area contributed by atoms with Gasteiger partial charge < -0.3 is 0 Å². The maximum absolute atomic E-state index is 3.67. The average Bonchev–Trinajstić information content (AvgIpc) is 2.35. The van der Waals surface area contributed by atoms with Gasteiger partial charge in [-0.1, -0.05) is 63.3 Å². The Labute approximate surface area is 117 Å². The summed E-state index contributed by atoms with van der Waals surface area (Å²) < 4.78 is 0. The molecule has 0 aromatic rings. The fourth-order valence-electron chi connectivity index (χ4n) is 0.269. The standard InChI is InChI=1S/C7H10.C3H8.2C3H6.C2H4/c1-4-6-7(3)5-2;3*1-3-2;1-2/h4-5H,1-3,6H2;3H2,1-2H3;2*3H,1H2,2H3;1-2H2. The van der Waals surface area contributed by atoms with Crippen LogP contribution in [0.1, 0.15) is 40.5 Å². The van der Waals surface area contributed by atoms with Gasteiger partial charge in [-0.25, -0.2) is 0 Å². The highest BCUT2D eigenvalue weighted by atomic mass is 13.8. The van der Waals surface area contributed by atoms with E-state index >= 15 is 0 Å². The highest BCUT2D eigenvalue weighted by Crippen LogP contribution is 1.96. The first-order chi connectivity index (χ1) is 8.55. The van der Waals surface area contributed by atoms with E-state index < -0.39 is 0 Å². The number of hydrogen-bond donors (Lipinski definition) is 0. The van der Waals surface area contributed by atoms with Gasteiger partial charge in [0.25, 0.3) is 0 Å². The van der Waals surface area contributed by atoms with Gasteiger partial charge in [0.15, 0.2) is 0 Å². The molecular weight excluding hydrogens is 216 g/mol. The molecule has 0 saturated carbocycles. The van der Waals surface area contributed by atoms with Crippen molar-refractivity contribution in [2.24, 2.45) is 0 Å². The lowest BCUT2D eigenvalue weighted by atomic mass is 10.2. The molecule has 0 aliphatic carbocycles. The Kier molecular flexibility index (Phi) is 96.8. The SMILES string of the molecule is C=C.C=CC.C=CC.C=CCC(=C)C=C.CCC. The Balaban J connectivity index is -0.0000000437. The molecule has 0 aromatic carbocycles. The summed E-state index contributed by atoms with van der Waals surface area (Å²) in [5.41, 5.74) is 1.02. The van der Waals surface area contributed by atoms with Crippen molar-refractivity contribution in [3.63, 3.8) is 0 Å². The Morgan fingerprint density at radius 1 is 0.889 bits per heavy atom. The zero-order valence-corrected chi connectivity index (χ0v) is 13.2. The molecule has 0 aromatic heterocycles. The van der Waals surface area contributed by atoms with Crippen LogP contribution in [0.2, 0.25) is 0 Å². The molecule has 0 amide bonds. The normalized spacial score (nSPS) is 5.56. The molecule has 0 bridgehead atoms. The highest BCUT2D eigenvalue weighted by Gasteiger charge is 1.76. The van der Waals surface area contributed by atoms with E-state index in [-0.39, 0.29) is 0 Å². The molecule has 0 unspecified atom stereocenters. The van der Waals surface area contributed by atoms with E-state index in [2.05, 4.69) is 59.9 Å². The molecule has 0 saturated heterocycles. The van der Waals surface area contributed by atoms with Crippen LogP contribution in [0.3, 0.4) is 0 Å². The van der Waals surface area contributed by atoms with E-state index in [1.807, 2.05) is 19.9 Å². The van der Waals surface area contributed by atoms with Crippen LogP contribution in [0, 0.1) is 0 Å². The van der Waals surface area contributed by atoms with Crippen LogP contribution in [0.4, 0.5) is 0 Å². The minimum atomic E-state index is 0.851. The molecule has 0 N–H and O–H groups in total. The third-order valence-electron chi connectivity index (χ3n) is 0.695. The molecule has 0 aliphatic rings. The van der Waals surface area contributed by atoms with E-state index in [4.69, 9.17) is 0 Å². The van der Waals surface area contributed by atoms with E-state index in [0.717, 1.165) is 12.0 Å². The molecule has 0 heteroatoms. The summed E-state index contributed by atoms with van der Waals surface area (Å²) in [6, 6.07) is 0. The minimum absolute atomic E-state index is 0.851. The van der Waals surface area contributed by atoms with Crippen LogP contribution in [-0.4, -0.2) is 0 Å². The fraction of sp³-hybridized carbons (Fsp3) is 0.333. The lowest BCUT2D eigenvalue weighted by molar-refractivity contribution is 1.09. The first-order valence-electron chi connectivity index (χ1n) is 6.11. The second kappa shape index (κ2) is 58.2. The van der Waals surface area contributed by atoms with Crippen LogP contribution in [-0.2, 0) is 0 Å². The maximum atomic E-state index is 3.67.